The fraction of sp³-hybridized carbons (Fsp3) is 0.500. The minimum Gasteiger partial charge on any atom is -0.508 e. The van der Waals surface area contributed by atoms with Crippen LogP contribution in [0, 0.1) is 5.41 Å². The van der Waals surface area contributed by atoms with Gasteiger partial charge >= 0.3 is 0 Å². The third-order valence-electron chi connectivity index (χ3n) is 3.75. The summed E-state index contributed by atoms with van der Waals surface area (Å²) in [5.74, 6) is 0.347. The quantitative estimate of drug-likeness (QED) is 0.853. The first-order chi connectivity index (χ1) is 8.03. The van der Waals surface area contributed by atoms with Crippen LogP contribution in [-0.2, 0) is 4.79 Å². The number of rotatable bonds is 2. The van der Waals surface area contributed by atoms with Gasteiger partial charge in [-0.2, -0.15) is 0 Å². The van der Waals surface area contributed by atoms with Crippen LogP contribution >= 0.6 is 0 Å². The van der Waals surface area contributed by atoms with Crippen LogP contribution < -0.4 is 4.90 Å². The first kappa shape index (κ1) is 12.0. The van der Waals surface area contributed by atoms with Crippen molar-refractivity contribution >= 4 is 11.6 Å². The van der Waals surface area contributed by atoms with E-state index in [4.69, 9.17) is 0 Å². The maximum absolute atomic E-state index is 12.4. The van der Waals surface area contributed by atoms with E-state index in [0.29, 0.717) is 0 Å². The molecule has 3 heteroatoms. The van der Waals surface area contributed by atoms with E-state index in [1.807, 2.05) is 13.0 Å². The molecule has 1 saturated carbocycles. The van der Waals surface area contributed by atoms with Crippen molar-refractivity contribution in [1.82, 2.24) is 0 Å². The van der Waals surface area contributed by atoms with Crippen molar-refractivity contribution in [3.05, 3.63) is 24.3 Å². The molecule has 0 atom stereocenters. The Morgan fingerprint density at radius 3 is 2.59 bits per heavy atom. The number of phenolic OH excluding ortho intramolecular Hbond substituents is 1. The fourth-order valence-corrected chi connectivity index (χ4v) is 2.59. The Balaban J connectivity index is 2.20. The smallest absolute Gasteiger partial charge is 0.232 e. The largest absolute Gasteiger partial charge is 0.508 e. The summed E-state index contributed by atoms with van der Waals surface area (Å²) in [5.41, 5.74) is 0.531. The van der Waals surface area contributed by atoms with E-state index >= 15 is 0 Å². The van der Waals surface area contributed by atoms with Gasteiger partial charge in [0.1, 0.15) is 5.75 Å². The topological polar surface area (TPSA) is 40.5 Å². The highest BCUT2D eigenvalue weighted by molar-refractivity contribution is 5.97. The van der Waals surface area contributed by atoms with E-state index in [2.05, 4.69) is 0 Å². The molecule has 17 heavy (non-hydrogen) atoms. The zero-order valence-corrected chi connectivity index (χ0v) is 10.4. The number of carbonyl (C=O) groups is 1. The van der Waals surface area contributed by atoms with Crippen LogP contribution in [0.3, 0.4) is 0 Å². The second-order valence-electron chi connectivity index (χ2n) is 5.15. The van der Waals surface area contributed by atoms with Gasteiger partial charge < -0.3 is 10.0 Å². The number of carbonyl (C=O) groups excluding carboxylic acids is 1. The highest BCUT2D eigenvalue weighted by Gasteiger charge is 2.38. The molecule has 1 fully saturated rings. The predicted molar refractivity (Wildman–Crippen MR) is 68.1 cm³/mol. The van der Waals surface area contributed by atoms with E-state index in [0.717, 1.165) is 31.4 Å². The molecule has 2 rings (SSSR count). The van der Waals surface area contributed by atoms with Gasteiger partial charge in [-0.1, -0.05) is 25.8 Å². The fourth-order valence-electron chi connectivity index (χ4n) is 2.59. The van der Waals surface area contributed by atoms with Gasteiger partial charge in [-0.15, -0.1) is 0 Å². The zero-order valence-electron chi connectivity index (χ0n) is 10.4. The van der Waals surface area contributed by atoms with Crippen molar-refractivity contribution in [3.63, 3.8) is 0 Å². The molecule has 0 radical (unpaired) electrons. The summed E-state index contributed by atoms with van der Waals surface area (Å²) >= 11 is 0. The third-order valence-corrected chi connectivity index (χ3v) is 3.75. The number of benzene rings is 1. The van der Waals surface area contributed by atoms with Gasteiger partial charge in [0.05, 0.1) is 0 Å². The molecule has 0 spiro atoms. The van der Waals surface area contributed by atoms with Gasteiger partial charge in [-0.3, -0.25) is 4.79 Å². The molecule has 0 bridgehead atoms. The maximum Gasteiger partial charge on any atom is 0.232 e. The molecular formula is C14H19NO2. The van der Waals surface area contributed by atoms with E-state index in [9.17, 15) is 9.90 Å². The predicted octanol–water partition coefficient (Wildman–Crippen LogP) is 2.94. The molecule has 3 nitrogen and oxygen atoms in total. The van der Waals surface area contributed by atoms with Gasteiger partial charge in [0.25, 0.3) is 0 Å². The normalized spacial score (nSPS) is 18.0. The summed E-state index contributed by atoms with van der Waals surface area (Å²) < 4.78 is 0. The Labute approximate surface area is 102 Å². The Morgan fingerprint density at radius 2 is 2.00 bits per heavy atom. The van der Waals surface area contributed by atoms with Crippen molar-refractivity contribution < 1.29 is 9.90 Å². The van der Waals surface area contributed by atoms with Crippen molar-refractivity contribution in [2.24, 2.45) is 5.41 Å². The van der Waals surface area contributed by atoms with Crippen LogP contribution in [0.5, 0.6) is 5.75 Å². The molecule has 92 valence electrons. The standard InChI is InChI=1S/C14H19NO2/c1-14(8-3-4-9-14)13(17)15(2)11-6-5-7-12(16)10-11/h5-7,10,16H,3-4,8-9H2,1-2H3. The van der Waals surface area contributed by atoms with E-state index < -0.39 is 0 Å². The Hall–Kier alpha value is -1.51. The zero-order chi connectivity index (χ0) is 12.5. The van der Waals surface area contributed by atoms with Crippen molar-refractivity contribution in [1.29, 1.82) is 0 Å². The third kappa shape index (κ3) is 2.28. The molecule has 0 heterocycles. The summed E-state index contributed by atoms with van der Waals surface area (Å²) in [4.78, 5) is 14.1. The molecular weight excluding hydrogens is 214 g/mol. The lowest BCUT2D eigenvalue weighted by atomic mass is 9.87. The highest BCUT2D eigenvalue weighted by Crippen LogP contribution is 2.39. The van der Waals surface area contributed by atoms with Crippen LogP contribution in [-0.4, -0.2) is 18.1 Å². The van der Waals surface area contributed by atoms with Crippen LogP contribution in [0.1, 0.15) is 32.6 Å². The molecule has 0 aromatic heterocycles. The number of hydrogen-bond acceptors (Lipinski definition) is 2. The van der Waals surface area contributed by atoms with Crippen LogP contribution in [0.25, 0.3) is 0 Å². The molecule has 0 unspecified atom stereocenters. The number of anilines is 1. The first-order valence-electron chi connectivity index (χ1n) is 6.10. The van der Waals surface area contributed by atoms with Crippen molar-refractivity contribution in [2.75, 3.05) is 11.9 Å². The monoisotopic (exact) mass is 233 g/mol. The number of amides is 1. The average Bonchev–Trinajstić information content (AvgIpc) is 2.75. The lowest BCUT2D eigenvalue weighted by Gasteiger charge is -2.29. The summed E-state index contributed by atoms with van der Waals surface area (Å²) in [6.45, 7) is 2.04. The second-order valence-corrected chi connectivity index (χ2v) is 5.15. The van der Waals surface area contributed by atoms with Crippen molar-refractivity contribution in [2.45, 2.75) is 32.6 Å². The van der Waals surface area contributed by atoms with Gasteiger partial charge in [0, 0.05) is 24.2 Å². The second kappa shape index (κ2) is 4.40. The van der Waals surface area contributed by atoms with Crippen LogP contribution in [0.2, 0.25) is 0 Å². The van der Waals surface area contributed by atoms with Crippen LogP contribution in [0.15, 0.2) is 24.3 Å². The molecule has 0 saturated heterocycles. The lowest BCUT2D eigenvalue weighted by molar-refractivity contribution is -0.126. The summed E-state index contributed by atoms with van der Waals surface area (Å²) in [6, 6.07) is 6.83. The van der Waals surface area contributed by atoms with Crippen LogP contribution in [0.4, 0.5) is 5.69 Å². The van der Waals surface area contributed by atoms with Crippen molar-refractivity contribution in [3.8, 4) is 5.75 Å². The summed E-state index contributed by atoms with van der Waals surface area (Å²) in [7, 11) is 1.78. The minimum atomic E-state index is -0.222. The molecule has 1 aliphatic rings. The Kier molecular flexibility index (Phi) is 3.09. The van der Waals surface area contributed by atoms with E-state index in [1.165, 1.54) is 0 Å². The SMILES string of the molecule is CN(C(=O)C1(C)CCCC1)c1cccc(O)c1. The number of phenols is 1. The maximum atomic E-state index is 12.4. The van der Waals surface area contributed by atoms with Gasteiger partial charge in [-0.05, 0) is 25.0 Å². The first-order valence-corrected chi connectivity index (χ1v) is 6.10. The number of nitrogens with zero attached hydrogens (tertiary/aromatic N) is 1. The summed E-state index contributed by atoms with van der Waals surface area (Å²) in [6.07, 6.45) is 4.20. The van der Waals surface area contributed by atoms with E-state index in [-0.39, 0.29) is 17.1 Å². The van der Waals surface area contributed by atoms with E-state index in [1.54, 1.807) is 30.1 Å². The Bertz CT molecular complexity index is 422. The summed E-state index contributed by atoms with van der Waals surface area (Å²) in [5, 5.41) is 9.44. The minimum absolute atomic E-state index is 0.153. The number of aromatic hydroxyl groups is 1. The molecule has 1 N–H and O–H groups in total. The van der Waals surface area contributed by atoms with Gasteiger partial charge in [0.15, 0.2) is 0 Å². The highest BCUT2D eigenvalue weighted by atomic mass is 16.3. The van der Waals surface area contributed by atoms with Gasteiger partial charge in [0.2, 0.25) is 5.91 Å². The average molecular weight is 233 g/mol. The molecule has 1 aromatic rings. The molecule has 0 aliphatic heterocycles. The number of hydrogen-bond donors (Lipinski definition) is 1. The van der Waals surface area contributed by atoms with Gasteiger partial charge in [-0.25, -0.2) is 0 Å². The Morgan fingerprint density at radius 1 is 1.35 bits per heavy atom. The molecule has 1 amide bonds. The molecule has 1 aliphatic carbocycles. The molecule has 1 aromatic carbocycles. The lowest BCUT2D eigenvalue weighted by Crippen LogP contribution is -2.38.